The number of hydrogen-bond donors (Lipinski definition) is 0. The second-order valence-electron chi connectivity index (χ2n) is 5.33. The first-order chi connectivity index (χ1) is 10.1. The zero-order valence-electron chi connectivity index (χ0n) is 13.9. The first-order valence-corrected chi connectivity index (χ1v) is 8.04. The molecule has 0 aromatic carbocycles. The number of aromatic nitrogens is 2. The zero-order chi connectivity index (χ0) is 15.7. The third-order valence-corrected chi connectivity index (χ3v) is 3.59. The van der Waals surface area contributed by atoms with Gasteiger partial charge in [0.2, 0.25) is 0 Å². The van der Waals surface area contributed by atoms with Crippen LogP contribution in [0.15, 0.2) is 6.20 Å². The summed E-state index contributed by atoms with van der Waals surface area (Å²) >= 11 is 0. The quantitative estimate of drug-likeness (QED) is 0.623. The minimum absolute atomic E-state index is 0.272. The minimum Gasteiger partial charge on any atom is -0.462 e. The molecule has 0 saturated heterocycles. The summed E-state index contributed by atoms with van der Waals surface area (Å²) in [4.78, 5) is 14.4. The lowest BCUT2D eigenvalue weighted by molar-refractivity contribution is 0.0523. The van der Waals surface area contributed by atoms with E-state index in [9.17, 15) is 4.79 Å². The highest BCUT2D eigenvalue weighted by molar-refractivity contribution is 5.90. The summed E-state index contributed by atoms with van der Waals surface area (Å²) in [7, 11) is 1.88. The van der Waals surface area contributed by atoms with Crippen LogP contribution in [0, 0.1) is 0 Å². The first-order valence-electron chi connectivity index (χ1n) is 8.04. The molecule has 0 N–H and O–H groups in total. The zero-order valence-corrected chi connectivity index (χ0v) is 13.9. The predicted octanol–water partition coefficient (Wildman–Crippen LogP) is 3.00. The average Bonchev–Trinajstić information content (AvgIpc) is 2.83. The maximum atomic E-state index is 12.0. The molecule has 0 aliphatic carbocycles. The Morgan fingerprint density at radius 2 is 1.86 bits per heavy atom. The molecule has 1 aromatic rings. The topological polar surface area (TPSA) is 47.4 Å². The molecule has 0 spiro atoms. The van der Waals surface area contributed by atoms with E-state index in [1.165, 1.54) is 25.7 Å². The van der Waals surface area contributed by atoms with Gasteiger partial charge in [0, 0.05) is 13.6 Å². The van der Waals surface area contributed by atoms with Crippen LogP contribution in [0.3, 0.4) is 0 Å². The Labute approximate surface area is 128 Å². The molecule has 1 aromatic heterocycles. The summed E-state index contributed by atoms with van der Waals surface area (Å²) in [5, 5.41) is 4.22. The molecule has 0 atom stereocenters. The van der Waals surface area contributed by atoms with E-state index in [1.807, 2.05) is 14.0 Å². The van der Waals surface area contributed by atoms with Gasteiger partial charge in [-0.25, -0.2) is 4.79 Å². The fourth-order valence-corrected chi connectivity index (χ4v) is 2.27. The average molecular weight is 295 g/mol. The molecule has 5 nitrogen and oxygen atoms in total. The first kappa shape index (κ1) is 17.7. The van der Waals surface area contributed by atoms with Crippen molar-refractivity contribution in [2.24, 2.45) is 7.05 Å². The Bertz CT molecular complexity index is 421. The number of aryl methyl sites for hydroxylation is 1. The van der Waals surface area contributed by atoms with E-state index >= 15 is 0 Å². The number of carbonyl (C=O) groups is 1. The Morgan fingerprint density at radius 3 is 2.38 bits per heavy atom. The summed E-state index contributed by atoms with van der Waals surface area (Å²) in [6, 6.07) is 0. The third kappa shape index (κ3) is 5.50. The molecule has 0 amide bonds. The molecular formula is C16H29N3O2. The van der Waals surface area contributed by atoms with E-state index in [4.69, 9.17) is 4.74 Å². The van der Waals surface area contributed by atoms with E-state index in [0.717, 1.165) is 25.3 Å². The van der Waals surface area contributed by atoms with Gasteiger partial charge in [-0.3, -0.25) is 9.58 Å². The number of esters is 1. The highest BCUT2D eigenvalue weighted by Crippen LogP contribution is 2.13. The van der Waals surface area contributed by atoms with Gasteiger partial charge in [0.25, 0.3) is 0 Å². The van der Waals surface area contributed by atoms with Gasteiger partial charge in [-0.05, 0) is 32.9 Å². The number of nitrogens with zero attached hydrogens (tertiary/aromatic N) is 3. The van der Waals surface area contributed by atoms with Crippen molar-refractivity contribution in [1.82, 2.24) is 14.7 Å². The van der Waals surface area contributed by atoms with Gasteiger partial charge in [0.15, 0.2) is 0 Å². The molecule has 120 valence electrons. The lowest BCUT2D eigenvalue weighted by Gasteiger charge is -2.22. The number of unbranched alkanes of at least 4 members (excludes halogenated alkanes) is 2. The number of carbonyl (C=O) groups excluding carboxylic acids is 1. The van der Waals surface area contributed by atoms with E-state index in [1.54, 1.807) is 10.9 Å². The Kier molecular flexibility index (Phi) is 8.05. The van der Waals surface area contributed by atoms with Gasteiger partial charge in [-0.15, -0.1) is 0 Å². The smallest absolute Gasteiger partial charge is 0.341 e. The van der Waals surface area contributed by atoms with Crippen molar-refractivity contribution >= 4 is 5.97 Å². The molecule has 0 fully saturated rings. The molecule has 0 unspecified atom stereocenters. The lowest BCUT2D eigenvalue weighted by atomic mass is 10.2. The number of hydrogen-bond acceptors (Lipinski definition) is 4. The molecule has 0 aliphatic heterocycles. The van der Waals surface area contributed by atoms with Gasteiger partial charge in [0.05, 0.1) is 18.5 Å². The molecule has 1 rings (SSSR count). The van der Waals surface area contributed by atoms with Crippen LogP contribution in [-0.2, 0) is 18.3 Å². The van der Waals surface area contributed by atoms with Crippen LogP contribution in [0.1, 0.15) is 62.5 Å². The Morgan fingerprint density at radius 1 is 1.24 bits per heavy atom. The molecule has 0 saturated carbocycles. The molecule has 0 aliphatic rings. The Balaban J connectivity index is 2.81. The standard InChI is InChI=1S/C16H29N3O2/c1-5-8-10-19(11-9-6-2)13-15-14(12-17-18(15)4)16(20)21-7-3/h12H,5-11,13H2,1-4H3. The second kappa shape index (κ2) is 9.55. The second-order valence-corrected chi connectivity index (χ2v) is 5.33. The van der Waals surface area contributed by atoms with Crippen molar-refractivity contribution in [2.75, 3.05) is 19.7 Å². The SMILES string of the molecule is CCCCN(CCCC)Cc1c(C(=O)OCC)cnn1C. The maximum absolute atomic E-state index is 12.0. The third-order valence-electron chi connectivity index (χ3n) is 3.59. The van der Waals surface area contributed by atoms with Crippen molar-refractivity contribution < 1.29 is 9.53 Å². The van der Waals surface area contributed by atoms with Crippen LogP contribution in [0.25, 0.3) is 0 Å². The van der Waals surface area contributed by atoms with Gasteiger partial charge in [-0.2, -0.15) is 5.10 Å². The molecule has 0 radical (unpaired) electrons. The monoisotopic (exact) mass is 295 g/mol. The Hall–Kier alpha value is -1.36. The van der Waals surface area contributed by atoms with Crippen molar-refractivity contribution in [1.29, 1.82) is 0 Å². The maximum Gasteiger partial charge on any atom is 0.341 e. The van der Waals surface area contributed by atoms with Crippen LogP contribution >= 0.6 is 0 Å². The van der Waals surface area contributed by atoms with Crippen LogP contribution in [-0.4, -0.2) is 40.3 Å². The van der Waals surface area contributed by atoms with Crippen LogP contribution in [0.2, 0.25) is 0 Å². The van der Waals surface area contributed by atoms with E-state index in [0.29, 0.717) is 12.2 Å². The van der Waals surface area contributed by atoms with E-state index < -0.39 is 0 Å². The normalized spacial score (nSPS) is 11.1. The van der Waals surface area contributed by atoms with E-state index in [2.05, 4.69) is 23.8 Å². The van der Waals surface area contributed by atoms with Gasteiger partial charge < -0.3 is 4.74 Å². The van der Waals surface area contributed by atoms with Gasteiger partial charge in [-0.1, -0.05) is 26.7 Å². The molecule has 21 heavy (non-hydrogen) atoms. The molecule has 0 bridgehead atoms. The van der Waals surface area contributed by atoms with Crippen LogP contribution < -0.4 is 0 Å². The van der Waals surface area contributed by atoms with Crippen LogP contribution in [0.4, 0.5) is 0 Å². The largest absolute Gasteiger partial charge is 0.462 e. The lowest BCUT2D eigenvalue weighted by Crippen LogP contribution is -2.27. The van der Waals surface area contributed by atoms with E-state index in [-0.39, 0.29) is 5.97 Å². The summed E-state index contributed by atoms with van der Waals surface area (Å²) in [6.07, 6.45) is 6.33. The molecular weight excluding hydrogens is 266 g/mol. The number of ether oxygens (including phenoxy) is 1. The van der Waals surface area contributed by atoms with Gasteiger partial charge >= 0.3 is 5.97 Å². The summed E-state index contributed by atoms with van der Waals surface area (Å²) in [5.41, 5.74) is 1.54. The van der Waals surface area contributed by atoms with Crippen molar-refractivity contribution in [3.63, 3.8) is 0 Å². The highest BCUT2D eigenvalue weighted by Gasteiger charge is 2.19. The highest BCUT2D eigenvalue weighted by atomic mass is 16.5. The fraction of sp³-hybridized carbons (Fsp3) is 0.750. The predicted molar refractivity (Wildman–Crippen MR) is 84.3 cm³/mol. The summed E-state index contributed by atoms with van der Waals surface area (Å²) in [5.74, 6) is -0.272. The fourth-order valence-electron chi connectivity index (χ4n) is 2.27. The van der Waals surface area contributed by atoms with Crippen LogP contribution in [0.5, 0.6) is 0 Å². The van der Waals surface area contributed by atoms with Crippen molar-refractivity contribution in [3.8, 4) is 0 Å². The number of rotatable bonds is 10. The summed E-state index contributed by atoms with van der Waals surface area (Å²) in [6.45, 7) is 9.49. The molecule has 1 heterocycles. The summed E-state index contributed by atoms with van der Waals surface area (Å²) < 4.78 is 6.90. The molecule has 5 heteroatoms. The van der Waals surface area contributed by atoms with Crippen molar-refractivity contribution in [3.05, 3.63) is 17.5 Å². The minimum atomic E-state index is -0.272. The van der Waals surface area contributed by atoms with Crippen molar-refractivity contribution in [2.45, 2.75) is 53.0 Å². The van der Waals surface area contributed by atoms with Gasteiger partial charge in [0.1, 0.15) is 5.56 Å².